The third-order valence-electron chi connectivity index (χ3n) is 3.24. The van der Waals surface area contributed by atoms with E-state index in [0.717, 1.165) is 15.6 Å². The molecule has 0 aliphatic heterocycles. The van der Waals surface area contributed by atoms with Crippen molar-refractivity contribution in [2.75, 3.05) is 7.11 Å². The topological polar surface area (TPSA) is 117 Å². The van der Waals surface area contributed by atoms with Crippen molar-refractivity contribution in [3.05, 3.63) is 47.7 Å². The SMILES string of the molecule is COCc1nc(C)c(CNC(=O)Cc2c(C)[nH]c(=O)[nH]c2=O)s1. The summed E-state index contributed by atoms with van der Waals surface area (Å²) in [5.41, 5.74) is 0.370. The van der Waals surface area contributed by atoms with Crippen molar-refractivity contribution in [3.8, 4) is 0 Å². The standard InChI is InChI=1S/C14H18N4O4S/c1-7-9(13(20)18-14(21)17-7)4-11(19)15-5-10-8(2)16-12(23-10)6-22-3/h4-6H2,1-3H3,(H,15,19)(H2,17,18,20,21). The molecule has 2 rings (SSSR count). The molecule has 2 aromatic rings. The Bertz CT molecular complexity index is 821. The number of aryl methyl sites for hydroxylation is 2. The van der Waals surface area contributed by atoms with E-state index >= 15 is 0 Å². The van der Waals surface area contributed by atoms with Crippen LogP contribution < -0.4 is 16.6 Å². The minimum absolute atomic E-state index is 0.0965. The van der Waals surface area contributed by atoms with Gasteiger partial charge in [-0.1, -0.05) is 0 Å². The summed E-state index contributed by atoms with van der Waals surface area (Å²) in [6, 6.07) is 0. The van der Waals surface area contributed by atoms with E-state index in [4.69, 9.17) is 4.74 Å². The number of aromatic nitrogens is 3. The fourth-order valence-electron chi connectivity index (χ4n) is 2.08. The number of methoxy groups -OCH3 is 1. The van der Waals surface area contributed by atoms with Crippen molar-refractivity contribution < 1.29 is 9.53 Å². The number of hydrogen-bond acceptors (Lipinski definition) is 6. The van der Waals surface area contributed by atoms with E-state index in [0.29, 0.717) is 18.8 Å². The fraction of sp³-hybridized carbons (Fsp3) is 0.429. The number of thiazole rings is 1. The summed E-state index contributed by atoms with van der Waals surface area (Å²) in [6.07, 6.45) is -0.0965. The second-order valence-electron chi connectivity index (χ2n) is 5.01. The quantitative estimate of drug-likeness (QED) is 0.693. The highest BCUT2D eigenvalue weighted by Gasteiger charge is 2.13. The highest BCUT2D eigenvalue weighted by Crippen LogP contribution is 2.18. The average molecular weight is 338 g/mol. The van der Waals surface area contributed by atoms with Crippen LogP contribution in [0.4, 0.5) is 0 Å². The Morgan fingerprint density at radius 3 is 2.70 bits per heavy atom. The Kier molecular flexibility index (Phi) is 5.45. The first-order valence-corrected chi connectivity index (χ1v) is 7.75. The van der Waals surface area contributed by atoms with Gasteiger partial charge in [0.2, 0.25) is 5.91 Å². The zero-order chi connectivity index (χ0) is 17.0. The predicted octanol–water partition coefficient (Wildman–Crippen LogP) is 0.142. The molecule has 0 saturated heterocycles. The molecule has 2 aromatic heterocycles. The molecule has 0 aromatic carbocycles. The first-order chi connectivity index (χ1) is 10.9. The maximum Gasteiger partial charge on any atom is 0.325 e. The van der Waals surface area contributed by atoms with Crippen LogP contribution in [0.15, 0.2) is 9.59 Å². The molecule has 124 valence electrons. The number of nitrogens with zero attached hydrogens (tertiary/aromatic N) is 1. The van der Waals surface area contributed by atoms with Crippen molar-refractivity contribution in [2.45, 2.75) is 33.4 Å². The van der Waals surface area contributed by atoms with Gasteiger partial charge in [0.1, 0.15) is 5.01 Å². The van der Waals surface area contributed by atoms with Gasteiger partial charge in [-0.15, -0.1) is 11.3 Å². The number of hydrogen-bond donors (Lipinski definition) is 3. The Balaban J connectivity index is 2.01. The summed E-state index contributed by atoms with van der Waals surface area (Å²) in [6.45, 7) is 4.23. The number of carbonyl (C=O) groups is 1. The van der Waals surface area contributed by atoms with Gasteiger partial charge in [0.15, 0.2) is 0 Å². The average Bonchev–Trinajstić information content (AvgIpc) is 2.81. The molecule has 0 aliphatic rings. The molecule has 9 heteroatoms. The Morgan fingerprint density at radius 1 is 1.30 bits per heavy atom. The summed E-state index contributed by atoms with van der Waals surface area (Å²) in [5, 5.41) is 3.61. The summed E-state index contributed by atoms with van der Waals surface area (Å²) in [7, 11) is 1.60. The smallest absolute Gasteiger partial charge is 0.325 e. The molecular weight excluding hydrogens is 320 g/mol. The minimum Gasteiger partial charge on any atom is -0.378 e. The second kappa shape index (κ2) is 7.34. The number of aromatic amines is 2. The largest absolute Gasteiger partial charge is 0.378 e. The Labute approximate surface area is 135 Å². The lowest BCUT2D eigenvalue weighted by atomic mass is 10.1. The van der Waals surface area contributed by atoms with E-state index in [9.17, 15) is 14.4 Å². The van der Waals surface area contributed by atoms with Gasteiger partial charge in [0, 0.05) is 23.2 Å². The number of nitrogens with one attached hydrogen (secondary N) is 3. The Hall–Kier alpha value is -2.26. The molecule has 0 aliphatic carbocycles. The third-order valence-corrected chi connectivity index (χ3v) is 4.37. The monoisotopic (exact) mass is 338 g/mol. The molecule has 0 atom stereocenters. The molecule has 0 fully saturated rings. The van der Waals surface area contributed by atoms with Gasteiger partial charge in [-0.25, -0.2) is 9.78 Å². The molecule has 3 N–H and O–H groups in total. The molecule has 0 unspecified atom stereocenters. The van der Waals surface area contributed by atoms with Crippen molar-refractivity contribution in [1.82, 2.24) is 20.3 Å². The normalized spacial score (nSPS) is 10.7. The maximum atomic E-state index is 12.0. The predicted molar refractivity (Wildman–Crippen MR) is 85.5 cm³/mol. The van der Waals surface area contributed by atoms with Crippen LogP contribution in [0, 0.1) is 13.8 Å². The lowest BCUT2D eigenvalue weighted by Crippen LogP contribution is -2.32. The van der Waals surface area contributed by atoms with Crippen LogP contribution in [0.25, 0.3) is 0 Å². The molecule has 0 spiro atoms. The molecule has 2 heterocycles. The van der Waals surface area contributed by atoms with Gasteiger partial charge in [0.05, 0.1) is 25.3 Å². The van der Waals surface area contributed by atoms with Crippen molar-refractivity contribution in [2.24, 2.45) is 0 Å². The molecular formula is C14H18N4O4S. The molecule has 1 amide bonds. The highest BCUT2D eigenvalue weighted by atomic mass is 32.1. The van der Waals surface area contributed by atoms with Crippen LogP contribution in [-0.2, 0) is 29.1 Å². The number of ether oxygens (including phenoxy) is 1. The minimum atomic E-state index is -0.581. The summed E-state index contributed by atoms with van der Waals surface area (Å²) in [4.78, 5) is 44.7. The van der Waals surface area contributed by atoms with Crippen LogP contribution in [0.2, 0.25) is 0 Å². The zero-order valence-corrected chi connectivity index (χ0v) is 13.9. The summed E-state index contributed by atoms with van der Waals surface area (Å²) in [5.74, 6) is -0.299. The van der Waals surface area contributed by atoms with Crippen LogP contribution in [-0.4, -0.2) is 28.0 Å². The molecule has 8 nitrogen and oxygen atoms in total. The second-order valence-corrected chi connectivity index (χ2v) is 6.18. The van der Waals surface area contributed by atoms with E-state index < -0.39 is 11.2 Å². The van der Waals surface area contributed by atoms with Gasteiger partial charge in [-0.05, 0) is 13.8 Å². The van der Waals surface area contributed by atoms with E-state index in [1.165, 1.54) is 11.3 Å². The summed E-state index contributed by atoms with van der Waals surface area (Å²) < 4.78 is 5.03. The van der Waals surface area contributed by atoms with Crippen molar-refractivity contribution in [3.63, 3.8) is 0 Å². The van der Waals surface area contributed by atoms with E-state index in [1.807, 2.05) is 6.92 Å². The lowest BCUT2D eigenvalue weighted by Gasteiger charge is -2.05. The van der Waals surface area contributed by atoms with Gasteiger partial charge in [-0.2, -0.15) is 0 Å². The van der Waals surface area contributed by atoms with E-state index in [1.54, 1.807) is 14.0 Å². The fourth-order valence-corrected chi connectivity index (χ4v) is 3.06. The summed E-state index contributed by atoms with van der Waals surface area (Å²) >= 11 is 1.47. The molecule has 23 heavy (non-hydrogen) atoms. The van der Waals surface area contributed by atoms with Crippen LogP contribution in [0.5, 0.6) is 0 Å². The van der Waals surface area contributed by atoms with Gasteiger partial charge >= 0.3 is 5.69 Å². The highest BCUT2D eigenvalue weighted by molar-refractivity contribution is 7.11. The number of H-pyrrole nitrogens is 2. The number of carbonyl (C=O) groups excluding carboxylic acids is 1. The Morgan fingerprint density at radius 2 is 2.04 bits per heavy atom. The van der Waals surface area contributed by atoms with Crippen LogP contribution in [0.3, 0.4) is 0 Å². The van der Waals surface area contributed by atoms with E-state index in [2.05, 4.69) is 20.3 Å². The number of rotatable bonds is 6. The third kappa shape index (κ3) is 4.36. The van der Waals surface area contributed by atoms with Crippen LogP contribution in [0.1, 0.15) is 26.8 Å². The van der Waals surface area contributed by atoms with Crippen molar-refractivity contribution in [1.29, 1.82) is 0 Å². The van der Waals surface area contributed by atoms with Gasteiger partial charge < -0.3 is 15.0 Å². The zero-order valence-electron chi connectivity index (χ0n) is 13.1. The van der Waals surface area contributed by atoms with E-state index in [-0.39, 0.29) is 17.9 Å². The number of amides is 1. The maximum absolute atomic E-state index is 12.0. The van der Waals surface area contributed by atoms with Crippen LogP contribution >= 0.6 is 11.3 Å². The lowest BCUT2D eigenvalue weighted by molar-refractivity contribution is -0.120. The first-order valence-electron chi connectivity index (χ1n) is 6.93. The van der Waals surface area contributed by atoms with Gasteiger partial charge in [-0.3, -0.25) is 14.6 Å². The molecule has 0 saturated carbocycles. The van der Waals surface area contributed by atoms with Gasteiger partial charge in [0.25, 0.3) is 5.56 Å². The first kappa shape index (κ1) is 17.1. The molecule has 0 radical (unpaired) electrons. The van der Waals surface area contributed by atoms with Crippen molar-refractivity contribution >= 4 is 17.2 Å². The molecule has 0 bridgehead atoms.